The van der Waals surface area contributed by atoms with Crippen LogP contribution in [0.15, 0.2) is 59.6 Å². The van der Waals surface area contributed by atoms with Crippen LogP contribution in [0.5, 0.6) is 0 Å². The zero-order chi connectivity index (χ0) is 17.4. The molecule has 4 rings (SSSR count). The van der Waals surface area contributed by atoms with Crippen molar-refractivity contribution in [3.63, 3.8) is 0 Å². The molecule has 0 aliphatic carbocycles. The monoisotopic (exact) mass is 354 g/mol. The molecule has 2 aromatic rings. The fraction of sp³-hybridized carbons (Fsp3) is 0.263. The summed E-state index contributed by atoms with van der Waals surface area (Å²) >= 11 is 1.63. The summed E-state index contributed by atoms with van der Waals surface area (Å²) in [5.41, 5.74) is 1.48. The van der Waals surface area contributed by atoms with Crippen LogP contribution in [0.25, 0.3) is 0 Å². The van der Waals surface area contributed by atoms with E-state index in [1.807, 2.05) is 52.9 Å². The molecule has 2 aliphatic heterocycles. The van der Waals surface area contributed by atoms with Crippen LogP contribution in [0.2, 0.25) is 0 Å². The summed E-state index contributed by atoms with van der Waals surface area (Å²) in [6.45, 7) is 2.09. The third-order valence-electron chi connectivity index (χ3n) is 4.51. The van der Waals surface area contributed by atoms with E-state index in [-0.39, 0.29) is 24.0 Å². The van der Waals surface area contributed by atoms with Crippen LogP contribution >= 0.6 is 11.3 Å². The molecule has 2 aliphatic rings. The fourth-order valence-corrected chi connectivity index (χ4v) is 4.30. The molecular weight excluding hydrogens is 336 g/mol. The van der Waals surface area contributed by atoms with Gasteiger partial charge < -0.3 is 4.74 Å². The van der Waals surface area contributed by atoms with Gasteiger partial charge in [0.15, 0.2) is 0 Å². The van der Waals surface area contributed by atoms with Crippen LogP contribution in [0.3, 0.4) is 0 Å². The van der Waals surface area contributed by atoms with Crippen molar-refractivity contribution in [3.05, 3.63) is 70.1 Å². The van der Waals surface area contributed by atoms with Gasteiger partial charge >= 0.3 is 5.97 Å². The second-order valence-electron chi connectivity index (χ2n) is 5.97. The highest BCUT2D eigenvalue weighted by molar-refractivity contribution is 7.10. The number of benzene rings is 1. The summed E-state index contributed by atoms with van der Waals surface area (Å²) in [6.07, 6.45) is 2.06. The first kappa shape index (κ1) is 16.1. The summed E-state index contributed by atoms with van der Waals surface area (Å²) in [6, 6.07) is 13.4. The highest BCUT2D eigenvalue weighted by Gasteiger charge is 2.49. The molecule has 0 unspecified atom stereocenters. The van der Waals surface area contributed by atoms with E-state index in [1.165, 1.54) is 0 Å². The van der Waals surface area contributed by atoms with Crippen LogP contribution in [-0.2, 0) is 14.3 Å². The number of fused-ring (bicyclic) bond motifs is 1. The normalized spacial score (nSPS) is 22.8. The average molecular weight is 354 g/mol. The van der Waals surface area contributed by atoms with Gasteiger partial charge in [0.1, 0.15) is 0 Å². The van der Waals surface area contributed by atoms with E-state index in [4.69, 9.17) is 4.74 Å². The number of carbonyl (C=O) groups is 2. The molecule has 5 nitrogen and oxygen atoms in total. The molecule has 25 heavy (non-hydrogen) atoms. The van der Waals surface area contributed by atoms with Crippen molar-refractivity contribution in [1.82, 2.24) is 10.0 Å². The number of rotatable bonds is 4. The number of thiophene rings is 1. The molecule has 1 aromatic heterocycles. The predicted molar refractivity (Wildman–Crippen MR) is 94.3 cm³/mol. The number of ether oxygens (including phenoxy) is 1. The van der Waals surface area contributed by atoms with E-state index in [0.717, 1.165) is 10.4 Å². The van der Waals surface area contributed by atoms with Gasteiger partial charge in [0.25, 0.3) is 0 Å². The summed E-state index contributed by atoms with van der Waals surface area (Å²) < 4.78 is 5.23. The van der Waals surface area contributed by atoms with Crippen LogP contribution in [0.1, 0.15) is 35.9 Å². The lowest BCUT2D eigenvalue weighted by Crippen LogP contribution is -2.34. The minimum absolute atomic E-state index is 0.00127. The Morgan fingerprint density at radius 1 is 1.24 bits per heavy atom. The molecule has 6 heteroatoms. The Hall–Kier alpha value is -2.44. The van der Waals surface area contributed by atoms with Gasteiger partial charge in [-0.15, -0.1) is 11.3 Å². The molecule has 1 saturated heterocycles. The van der Waals surface area contributed by atoms with Crippen LogP contribution < -0.4 is 0 Å². The lowest BCUT2D eigenvalue weighted by molar-refractivity contribution is -0.140. The number of hydrazine groups is 1. The number of amides is 1. The van der Waals surface area contributed by atoms with Crippen LogP contribution in [-0.4, -0.2) is 28.5 Å². The van der Waals surface area contributed by atoms with E-state index in [1.54, 1.807) is 29.5 Å². The van der Waals surface area contributed by atoms with Crippen molar-refractivity contribution in [2.24, 2.45) is 0 Å². The van der Waals surface area contributed by atoms with Crippen molar-refractivity contribution in [2.45, 2.75) is 25.4 Å². The number of esters is 1. The first-order valence-electron chi connectivity index (χ1n) is 8.28. The van der Waals surface area contributed by atoms with Gasteiger partial charge in [-0.1, -0.05) is 36.4 Å². The lowest BCUT2D eigenvalue weighted by atomic mass is 9.98. The molecule has 1 aromatic carbocycles. The second-order valence-corrected chi connectivity index (χ2v) is 6.95. The average Bonchev–Trinajstić information content (AvgIpc) is 3.33. The quantitative estimate of drug-likeness (QED) is 0.789. The predicted octanol–water partition coefficient (Wildman–Crippen LogP) is 3.44. The van der Waals surface area contributed by atoms with E-state index in [9.17, 15) is 9.59 Å². The standard InChI is InChI=1S/C19H18N2O3S/c1-2-24-19(23)14-12-20-17(22)11-15(16-9-6-10-25-16)21(20)18(14)13-7-4-3-5-8-13/h3-10,12,15,18H,2,11H2,1H3/t15-,18-/m1/s1. The fourth-order valence-electron chi connectivity index (χ4n) is 3.48. The maximum absolute atomic E-state index is 12.6. The molecule has 128 valence electrons. The zero-order valence-electron chi connectivity index (χ0n) is 13.8. The molecule has 1 amide bonds. The second kappa shape index (κ2) is 6.46. The van der Waals surface area contributed by atoms with Crippen molar-refractivity contribution < 1.29 is 14.3 Å². The van der Waals surface area contributed by atoms with E-state index in [0.29, 0.717) is 18.6 Å². The van der Waals surface area contributed by atoms with Crippen LogP contribution in [0, 0.1) is 0 Å². The molecule has 1 fully saturated rings. The van der Waals surface area contributed by atoms with E-state index >= 15 is 0 Å². The van der Waals surface area contributed by atoms with E-state index in [2.05, 4.69) is 0 Å². The first-order valence-corrected chi connectivity index (χ1v) is 9.16. The molecule has 2 atom stereocenters. The highest BCUT2D eigenvalue weighted by atomic mass is 32.1. The number of nitrogens with zero attached hydrogens (tertiary/aromatic N) is 2. The maximum Gasteiger partial charge on any atom is 0.337 e. The summed E-state index contributed by atoms with van der Waals surface area (Å²) in [7, 11) is 0. The molecule has 0 bridgehead atoms. The van der Waals surface area contributed by atoms with Gasteiger partial charge in [-0.2, -0.15) is 5.01 Å². The molecule has 0 N–H and O–H groups in total. The van der Waals surface area contributed by atoms with Gasteiger partial charge in [0.2, 0.25) is 5.91 Å². The van der Waals surface area contributed by atoms with E-state index < -0.39 is 0 Å². The Kier molecular flexibility index (Phi) is 4.15. The summed E-state index contributed by atoms with van der Waals surface area (Å²) in [5.74, 6) is -0.373. The SMILES string of the molecule is CCOC(=O)C1=CN2C(=O)C[C@H](c3cccs3)N2[C@@H]1c1ccccc1. The van der Waals surface area contributed by atoms with Crippen molar-refractivity contribution in [1.29, 1.82) is 0 Å². The van der Waals surface area contributed by atoms with Gasteiger partial charge in [-0.3, -0.25) is 4.79 Å². The third-order valence-corrected chi connectivity index (χ3v) is 5.48. The topological polar surface area (TPSA) is 49.9 Å². The summed E-state index contributed by atoms with van der Waals surface area (Å²) in [4.78, 5) is 26.2. The minimum Gasteiger partial charge on any atom is -0.463 e. The summed E-state index contributed by atoms with van der Waals surface area (Å²) in [5, 5.41) is 5.61. The first-order chi connectivity index (χ1) is 12.2. The molecule has 0 spiro atoms. The lowest BCUT2D eigenvalue weighted by Gasteiger charge is -2.31. The van der Waals surface area contributed by atoms with Crippen LogP contribution in [0.4, 0.5) is 0 Å². The largest absolute Gasteiger partial charge is 0.463 e. The zero-order valence-corrected chi connectivity index (χ0v) is 14.6. The Morgan fingerprint density at radius 2 is 2.04 bits per heavy atom. The van der Waals surface area contributed by atoms with Crippen molar-refractivity contribution in [3.8, 4) is 0 Å². The molecule has 3 heterocycles. The Balaban J connectivity index is 1.79. The Morgan fingerprint density at radius 3 is 2.72 bits per heavy atom. The minimum atomic E-state index is -0.372. The number of hydrogen-bond donors (Lipinski definition) is 0. The Labute approximate surface area is 150 Å². The number of carbonyl (C=O) groups excluding carboxylic acids is 2. The third kappa shape index (κ3) is 2.67. The van der Waals surface area contributed by atoms with Gasteiger partial charge in [-0.05, 0) is 23.9 Å². The molecular formula is C19H18N2O3S. The highest BCUT2D eigenvalue weighted by Crippen LogP contribution is 2.48. The van der Waals surface area contributed by atoms with Crippen molar-refractivity contribution >= 4 is 23.2 Å². The van der Waals surface area contributed by atoms with Gasteiger partial charge in [-0.25, -0.2) is 9.80 Å². The van der Waals surface area contributed by atoms with Gasteiger partial charge in [0, 0.05) is 11.1 Å². The number of hydrogen-bond acceptors (Lipinski definition) is 5. The smallest absolute Gasteiger partial charge is 0.337 e. The molecule has 0 saturated carbocycles. The Bertz CT molecular complexity index is 816. The van der Waals surface area contributed by atoms with Gasteiger partial charge in [0.05, 0.1) is 30.7 Å². The molecule has 0 radical (unpaired) electrons. The maximum atomic E-state index is 12.6. The van der Waals surface area contributed by atoms with Crippen molar-refractivity contribution in [2.75, 3.05) is 6.61 Å².